The van der Waals surface area contributed by atoms with E-state index in [-0.39, 0.29) is 5.92 Å². The van der Waals surface area contributed by atoms with Crippen molar-refractivity contribution in [1.82, 2.24) is 24.3 Å². The lowest BCUT2D eigenvalue weighted by atomic mass is 9.94. The quantitative estimate of drug-likeness (QED) is 0.772. The zero-order valence-electron chi connectivity index (χ0n) is 13.6. The number of carbonyl (C=O) groups is 1. The third-order valence-electron chi connectivity index (χ3n) is 4.70. The van der Waals surface area contributed by atoms with Crippen molar-refractivity contribution in [2.75, 3.05) is 13.1 Å². The summed E-state index contributed by atoms with van der Waals surface area (Å²) in [5, 5.41) is 27.1. The van der Waals surface area contributed by atoms with Crippen LogP contribution in [0.5, 0.6) is 0 Å². The second-order valence-corrected chi connectivity index (χ2v) is 6.26. The number of nitriles is 1. The number of amides is 1. The number of hydrogen-bond acceptors (Lipinski definition) is 4. The number of fused-ring (bicyclic) bond motifs is 1. The number of likely N-dealkylation sites (tertiary alicyclic amines) is 1. The van der Waals surface area contributed by atoms with Crippen LogP contribution in [0.3, 0.4) is 0 Å². The predicted octanol–water partition coefficient (Wildman–Crippen LogP) is 2.07. The van der Waals surface area contributed by atoms with Crippen molar-refractivity contribution in [3.8, 4) is 17.2 Å². The molecule has 0 aromatic carbocycles. The van der Waals surface area contributed by atoms with Crippen molar-refractivity contribution < 1.29 is 9.90 Å². The Labute approximate surface area is 143 Å². The van der Waals surface area contributed by atoms with Gasteiger partial charge < -0.3 is 10.0 Å². The highest BCUT2D eigenvalue weighted by Crippen LogP contribution is 2.34. The third-order valence-corrected chi connectivity index (χ3v) is 4.70. The highest BCUT2D eigenvalue weighted by molar-refractivity contribution is 5.73. The molecule has 0 spiro atoms. The Morgan fingerprint density at radius 1 is 1.32 bits per heavy atom. The lowest BCUT2D eigenvalue weighted by molar-refractivity contribution is 0.155. The Hall–Kier alpha value is -3.34. The summed E-state index contributed by atoms with van der Waals surface area (Å²) in [5.41, 5.74) is 4.11. The molecule has 0 radical (unpaired) electrons. The van der Waals surface area contributed by atoms with Gasteiger partial charge in [0.1, 0.15) is 6.07 Å². The summed E-state index contributed by atoms with van der Waals surface area (Å²) in [6.45, 7) is 0.927. The van der Waals surface area contributed by atoms with E-state index in [1.165, 1.54) is 4.90 Å². The molecule has 8 heteroatoms. The number of aromatic nitrogens is 4. The van der Waals surface area contributed by atoms with Crippen LogP contribution in [0.25, 0.3) is 16.6 Å². The zero-order valence-corrected chi connectivity index (χ0v) is 13.6. The molecule has 1 amide bonds. The van der Waals surface area contributed by atoms with E-state index in [9.17, 15) is 15.2 Å². The molecule has 1 saturated heterocycles. The largest absolute Gasteiger partial charge is 0.465 e. The summed E-state index contributed by atoms with van der Waals surface area (Å²) < 4.78 is 3.43. The predicted molar refractivity (Wildman–Crippen MR) is 89.1 cm³/mol. The van der Waals surface area contributed by atoms with Gasteiger partial charge >= 0.3 is 6.09 Å². The Morgan fingerprint density at radius 3 is 2.80 bits per heavy atom. The zero-order chi connectivity index (χ0) is 17.6. The van der Waals surface area contributed by atoms with Crippen LogP contribution in [0.4, 0.5) is 4.79 Å². The number of carboxylic acid groups (broad SMARTS) is 1. The topological polar surface area (TPSA) is 99.4 Å². The molecule has 1 aliphatic rings. The standard InChI is InChI=1S/C17H16N6O2/c1-21-8-14(7-19-21)12-4-15(11-2-3-22(9-11)17(24)25)16-13(5-18)6-20-23(16)10-12/h4,6-8,10-11H,2-3,9H2,1H3,(H,24,25). The molecule has 1 aliphatic heterocycles. The smallest absolute Gasteiger partial charge is 0.407 e. The van der Waals surface area contributed by atoms with E-state index in [2.05, 4.69) is 16.3 Å². The van der Waals surface area contributed by atoms with E-state index in [1.807, 2.05) is 25.5 Å². The molecule has 1 atom stereocenters. The van der Waals surface area contributed by atoms with Crippen molar-refractivity contribution in [3.05, 3.63) is 42.0 Å². The number of pyridine rings is 1. The lowest BCUT2D eigenvalue weighted by Crippen LogP contribution is -2.26. The maximum atomic E-state index is 11.3. The van der Waals surface area contributed by atoms with E-state index < -0.39 is 6.09 Å². The van der Waals surface area contributed by atoms with Crippen molar-refractivity contribution in [2.24, 2.45) is 7.05 Å². The van der Waals surface area contributed by atoms with E-state index in [4.69, 9.17) is 0 Å². The van der Waals surface area contributed by atoms with Gasteiger partial charge in [0.25, 0.3) is 0 Å². The summed E-state index contributed by atoms with van der Waals surface area (Å²) in [6.07, 6.45) is 6.94. The molecule has 126 valence electrons. The molecular weight excluding hydrogens is 320 g/mol. The van der Waals surface area contributed by atoms with Crippen LogP contribution in [-0.2, 0) is 7.05 Å². The molecule has 3 aromatic rings. The molecule has 25 heavy (non-hydrogen) atoms. The summed E-state index contributed by atoms with van der Waals surface area (Å²) in [4.78, 5) is 12.7. The highest BCUT2D eigenvalue weighted by Gasteiger charge is 2.29. The van der Waals surface area contributed by atoms with Gasteiger partial charge in [-0.1, -0.05) is 0 Å². The monoisotopic (exact) mass is 336 g/mol. The fourth-order valence-corrected chi connectivity index (χ4v) is 3.46. The van der Waals surface area contributed by atoms with Crippen molar-refractivity contribution in [1.29, 1.82) is 5.26 Å². The molecule has 1 N–H and O–H groups in total. The van der Waals surface area contributed by atoms with Crippen molar-refractivity contribution in [3.63, 3.8) is 0 Å². The van der Waals surface area contributed by atoms with E-state index in [0.29, 0.717) is 18.7 Å². The average Bonchev–Trinajstić information content (AvgIpc) is 3.32. The lowest BCUT2D eigenvalue weighted by Gasteiger charge is -2.15. The van der Waals surface area contributed by atoms with Crippen LogP contribution in [0.1, 0.15) is 23.5 Å². The van der Waals surface area contributed by atoms with E-state index in [0.717, 1.165) is 28.6 Å². The first-order valence-corrected chi connectivity index (χ1v) is 7.95. The second-order valence-electron chi connectivity index (χ2n) is 6.26. The van der Waals surface area contributed by atoms with Gasteiger partial charge in [0, 0.05) is 49.6 Å². The molecule has 1 unspecified atom stereocenters. The number of aryl methyl sites for hydroxylation is 1. The van der Waals surface area contributed by atoms with Crippen molar-refractivity contribution >= 4 is 11.6 Å². The molecular formula is C17H16N6O2. The molecule has 4 rings (SSSR count). The van der Waals surface area contributed by atoms with Gasteiger partial charge in [-0.05, 0) is 18.1 Å². The van der Waals surface area contributed by atoms with Gasteiger partial charge in [-0.3, -0.25) is 4.68 Å². The summed E-state index contributed by atoms with van der Waals surface area (Å²) in [5.74, 6) is 0.0408. The first-order chi connectivity index (χ1) is 12.1. The Morgan fingerprint density at radius 2 is 2.16 bits per heavy atom. The first kappa shape index (κ1) is 15.2. The van der Waals surface area contributed by atoms with E-state index in [1.54, 1.807) is 21.6 Å². The first-order valence-electron chi connectivity index (χ1n) is 7.95. The Bertz CT molecular complexity index is 1010. The van der Waals surface area contributed by atoms with Crippen LogP contribution < -0.4 is 0 Å². The minimum atomic E-state index is -0.907. The number of rotatable bonds is 2. The van der Waals surface area contributed by atoms with Gasteiger partial charge in [-0.2, -0.15) is 15.5 Å². The Kier molecular flexibility index (Phi) is 3.42. The minimum absolute atomic E-state index is 0.0408. The summed E-state index contributed by atoms with van der Waals surface area (Å²) in [6, 6.07) is 4.21. The maximum Gasteiger partial charge on any atom is 0.407 e. The van der Waals surface area contributed by atoms with Gasteiger partial charge in [-0.25, -0.2) is 9.31 Å². The van der Waals surface area contributed by atoms with Crippen LogP contribution >= 0.6 is 0 Å². The maximum absolute atomic E-state index is 11.3. The summed E-state index contributed by atoms with van der Waals surface area (Å²) in [7, 11) is 1.85. The van der Waals surface area contributed by atoms with Crippen LogP contribution in [0.2, 0.25) is 0 Å². The van der Waals surface area contributed by atoms with Gasteiger partial charge in [0.2, 0.25) is 0 Å². The fraction of sp³-hybridized carbons (Fsp3) is 0.294. The molecule has 1 fully saturated rings. The average molecular weight is 336 g/mol. The second kappa shape index (κ2) is 5.63. The number of hydrogen-bond donors (Lipinski definition) is 1. The molecule has 0 saturated carbocycles. The van der Waals surface area contributed by atoms with E-state index >= 15 is 0 Å². The Balaban J connectivity index is 1.87. The number of nitrogens with zero attached hydrogens (tertiary/aromatic N) is 6. The minimum Gasteiger partial charge on any atom is -0.465 e. The van der Waals surface area contributed by atoms with Crippen LogP contribution in [0.15, 0.2) is 30.9 Å². The van der Waals surface area contributed by atoms with Crippen LogP contribution in [0, 0.1) is 11.3 Å². The SMILES string of the molecule is Cn1cc(-c2cc(C3CCN(C(=O)O)C3)c3c(C#N)cnn3c2)cn1. The van der Waals surface area contributed by atoms with Gasteiger partial charge in [0.15, 0.2) is 0 Å². The fourth-order valence-electron chi connectivity index (χ4n) is 3.46. The molecule has 3 aromatic heterocycles. The normalized spacial score (nSPS) is 17.1. The molecule has 8 nitrogen and oxygen atoms in total. The molecule has 0 aliphatic carbocycles. The van der Waals surface area contributed by atoms with Crippen LogP contribution in [-0.4, -0.2) is 48.6 Å². The van der Waals surface area contributed by atoms with Crippen molar-refractivity contribution in [2.45, 2.75) is 12.3 Å². The third kappa shape index (κ3) is 2.50. The van der Waals surface area contributed by atoms with Gasteiger partial charge in [0.05, 0.1) is 23.5 Å². The molecule has 4 heterocycles. The summed E-state index contributed by atoms with van der Waals surface area (Å²) >= 11 is 0. The highest BCUT2D eigenvalue weighted by atomic mass is 16.4. The van der Waals surface area contributed by atoms with Gasteiger partial charge in [-0.15, -0.1) is 0 Å². The molecule has 0 bridgehead atoms.